The van der Waals surface area contributed by atoms with Gasteiger partial charge in [-0.3, -0.25) is 4.98 Å². The first kappa shape index (κ1) is 6.48. The van der Waals surface area contributed by atoms with E-state index in [1.54, 1.807) is 17.5 Å². The first-order valence-corrected chi connectivity index (χ1v) is 4.66. The van der Waals surface area contributed by atoms with Gasteiger partial charge in [0.2, 0.25) is 0 Å². The van der Waals surface area contributed by atoms with Crippen molar-refractivity contribution in [3.8, 4) is 0 Å². The second-order valence-electron chi connectivity index (χ2n) is 1.82. The third-order valence-corrected chi connectivity index (χ3v) is 3.26. The molecule has 0 spiro atoms. The normalized spacial score (nSPS) is 10.5. The van der Waals surface area contributed by atoms with Crippen LogP contribution in [0.4, 0.5) is 0 Å². The number of halogens is 1. The lowest BCUT2D eigenvalue weighted by molar-refractivity contribution is 1.32. The molecule has 0 saturated carbocycles. The number of rotatable bonds is 0. The van der Waals surface area contributed by atoms with Gasteiger partial charge in [0.1, 0.15) is 5.52 Å². The molecule has 2 nitrogen and oxygen atoms in total. The Bertz CT molecular complexity index is 357. The number of hydrogen-bond acceptors (Lipinski definition) is 3. The minimum atomic E-state index is 0.997. The Balaban J connectivity index is 2.95. The summed E-state index contributed by atoms with van der Waals surface area (Å²) in [6.07, 6.45) is 3.63. The summed E-state index contributed by atoms with van der Waals surface area (Å²) in [6, 6.07) is 0. The van der Waals surface area contributed by atoms with Crippen molar-refractivity contribution in [3.05, 3.63) is 21.5 Å². The molecule has 0 fully saturated rings. The zero-order valence-electron chi connectivity index (χ0n) is 4.91. The van der Waals surface area contributed by atoms with E-state index in [9.17, 15) is 0 Å². The summed E-state index contributed by atoms with van der Waals surface area (Å²) in [5.41, 5.74) is 2.84. The van der Waals surface area contributed by atoms with Crippen molar-refractivity contribution in [2.75, 3.05) is 0 Å². The molecule has 0 aliphatic heterocycles. The molecule has 2 aromatic rings. The third kappa shape index (κ3) is 0.911. The molecule has 10 heavy (non-hydrogen) atoms. The molecule has 0 radical (unpaired) electrons. The highest BCUT2D eigenvalue weighted by Gasteiger charge is 1.98. The maximum absolute atomic E-state index is 4.13. The number of pyridine rings is 1. The fourth-order valence-electron chi connectivity index (χ4n) is 0.757. The van der Waals surface area contributed by atoms with Gasteiger partial charge >= 0.3 is 0 Å². The van der Waals surface area contributed by atoms with Crippen LogP contribution < -0.4 is 0 Å². The van der Waals surface area contributed by atoms with Crippen LogP contribution in [-0.2, 0) is 0 Å². The number of thiazole rings is 1. The van der Waals surface area contributed by atoms with Gasteiger partial charge in [0.15, 0.2) is 0 Å². The van der Waals surface area contributed by atoms with E-state index in [4.69, 9.17) is 0 Å². The van der Waals surface area contributed by atoms with E-state index in [2.05, 4.69) is 32.6 Å². The third-order valence-electron chi connectivity index (χ3n) is 1.20. The van der Waals surface area contributed by atoms with E-state index in [1.165, 1.54) is 8.27 Å². The summed E-state index contributed by atoms with van der Waals surface area (Å²) in [7, 11) is 0. The predicted octanol–water partition coefficient (Wildman–Crippen LogP) is 2.30. The molecule has 0 aliphatic rings. The van der Waals surface area contributed by atoms with Gasteiger partial charge in [0.05, 0.1) is 20.0 Å². The second-order valence-corrected chi connectivity index (χ2v) is 3.84. The maximum Gasteiger partial charge on any atom is 0.101 e. The molecule has 2 heterocycles. The highest BCUT2D eigenvalue weighted by molar-refractivity contribution is 14.1. The molecule has 0 saturated heterocycles. The van der Waals surface area contributed by atoms with Crippen LogP contribution in [-0.4, -0.2) is 9.97 Å². The van der Waals surface area contributed by atoms with Gasteiger partial charge in [-0.1, -0.05) is 0 Å². The summed E-state index contributed by atoms with van der Waals surface area (Å²) in [4.78, 5) is 8.15. The van der Waals surface area contributed by atoms with E-state index in [0.717, 1.165) is 5.52 Å². The molecule has 2 aromatic heterocycles. The lowest BCUT2D eigenvalue weighted by Gasteiger charge is -1.87. The highest BCUT2D eigenvalue weighted by atomic mass is 127. The summed E-state index contributed by atoms with van der Waals surface area (Å²) in [5, 5.41) is 0. The minimum Gasteiger partial charge on any atom is -0.261 e. The fraction of sp³-hybridized carbons (Fsp3) is 0. The number of aromatic nitrogens is 2. The molecule has 0 bridgehead atoms. The molecule has 0 amide bonds. The minimum absolute atomic E-state index is 0.997. The van der Waals surface area contributed by atoms with Crippen molar-refractivity contribution in [1.29, 1.82) is 0 Å². The average molecular weight is 262 g/mol. The molecule has 0 unspecified atom stereocenters. The molecule has 50 valence electrons. The average Bonchev–Trinajstić information content (AvgIpc) is 2.36. The van der Waals surface area contributed by atoms with Crippen LogP contribution in [0.3, 0.4) is 0 Å². The molecule has 0 aromatic carbocycles. The topological polar surface area (TPSA) is 25.8 Å². The number of fused-ring (bicyclic) bond motifs is 1. The van der Waals surface area contributed by atoms with Crippen molar-refractivity contribution in [3.63, 3.8) is 0 Å². The fourth-order valence-corrected chi connectivity index (χ4v) is 2.24. The Morgan fingerprint density at radius 2 is 2.30 bits per heavy atom. The van der Waals surface area contributed by atoms with Crippen LogP contribution in [0.1, 0.15) is 0 Å². The Kier molecular flexibility index (Phi) is 1.57. The Hall–Kier alpha value is -0.230. The number of hydrogen-bond donors (Lipinski definition) is 0. The summed E-state index contributed by atoms with van der Waals surface area (Å²) in [6.45, 7) is 0. The predicted molar refractivity (Wildman–Crippen MR) is 50.1 cm³/mol. The maximum atomic E-state index is 4.13. The lowest BCUT2D eigenvalue weighted by atomic mass is 10.5. The van der Waals surface area contributed by atoms with E-state index in [-0.39, 0.29) is 0 Å². The quantitative estimate of drug-likeness (QED) is 0.681. The van der Waals surface area contributed by atoms with Crippen molar-refractivity contribution in [2.45, 2.75) is 0 Å². The van der Waals surface area contributed by atoms with Crippen molar-refractivity contribution < 1.29 is 0 Å². The van der Waals surface area contributed by atoms with Crippen LogP contribution in [0.15, 0.2) is 17.9 Å². The zero-order valence-corrected chi connectivity index (χ0v) is 7.89. The van der Waals surface area contributed by atoms with Crippen molar-refractivity contribution in [1.82, 2.24) is 9.97 Å². The molecule has 0 N–H and O–H groups in total. The van der Waals surface area contributed by atoms with E-state index < -0.39 is 0 Å². The van der Waals surface area contributed by atoms with Gasteiger partial charge in [0.25, 0.3) is 0 Å². The largest absolute Gasteiger partial charge is 0.261 e. The van der Waals surface area contributed by atoms with Gasteiger partial charge in [-0.05, 0) is 22.6 Å². The van der Waals surface area contributed by atoms with E-state index >= 15 is 0 Å². The summed E-state index contributed by atoms with van der Waals surface area (Å²) < 4.78 is 2.41. The monoisotopic (exact) mass is 262 g/mol. The van der Waals surface area contributed by atoms with Crippen LogP contribution in [0.2, 0.25) is 0 Å². The van der Waals surface area contributed by atoms with Crippen LogP contribution >= 0.6 is 33.9 Å². The standard InChI is InChI=1S/C6H3IN2S/c7-4-1-8-2-5-6(4)10-3-9-5/h1-3H. The van der Waals surface area contributed by atoms with Gasteiger partial charge < -0.3 is 0 Å². The first-order valence-electron chi connectivity index (χ1n) is 2.70. The molecule has 4 heteroatoms. The molecular weight excluding hydrogens is 259 g/mol. The Labute approximate surface area is 75.5 Å². The van der Waals surface area contributed by atoms with Crippen LogP contribution in [0.25, 0.3) is 10.2 Å². The summed E-state index contributed by atoms with van der Waals surface area (Å²) >= 11 is 3.92. The molecular formula is C6H3IN2S. The summed E-state index contributed by atoms with van der Waals surface area (Å²) in [5.74, 6) is 0. The zero-order chi connectivity index (χ0) is 6.97. The number of nitrogens with zero attached hydrogens (tertiary/aromatic N) is 2. The van der Waals surface area contributed by atoms with E-state index in [1.807, 2.05) is 11.7 Å². The molecule has 0 atom stereocenters. The van der Waals surface area contributed by atoms with E-state index in [0.29, 0.717) is 0 Å². The first-order chi connectivity index (χ1) is 4.88. The van der Waals surface area contributed by atoms with Crippen molar-refractivity contribution >= 4 is 44.1 Å². The molecule has 0 aliphatic carbocycles. The lowest BCUT2D eigenvalue weighted by Crippen LogP contribution is -1.75. The highest BCUT2D eigenvalue weighted by Crippen LogP contribution is 2.21. The van der Waals surface area contributed by atoms with Gasteiger partial charge in [-0.15, -0.1) is 11.3 Å². The van der Waals surface area contributed by atoms with Gasteiger partial charge in [-0.25, -0.2) is 4.98 Å². The van der Waals surface area contributed by atoms with Gasteiger partial charge in [-0.2, -0.15) is 0 Å². The van der Waals surface area contributed by atoms with Crippen LogP contribution in [0, 0.1) is 3.57 Å². The second kappa shape index (κ2) is 2.43. The smallest absolute Gasteiger partial charge is 0.101 e. The van der Waals surface area contributed by atoms with Gasteiger partial charge in [0, 0.05) is 6.20 Å². The Morgan fingerprint density at radius 1 is 1.40 bits per heavy atom. The SMILES string of the molecule is Ic1cncc2ncsc12. The van der Waals surface area contributed by atoms with Crippen molar-refractivity contribution in [2.24, 2.45) is 0 Å². The molecule has 2 rings (SSSR count). The Morgan fingerprint density at radius 3 is 3.10 bits per heavy atom. The van der Waals surface area contributed by atoms with Crippen LogP contribution in [0.5, 0.6) is 0 Å².